The summed E-state index contributed by atoms with van der Waals surface area (Å²) in [5, 5.41) is 3.32. The number of amides is 3. The fourth-order valence-electron chi connectivity index (χ4n) is 5.89. The van der Waals surface area contributed by atoms with Gasteiger partial charge in [0.2, 0.25) is 0 Å². The van der Waals surface area contributed by atoms with Crippen LogP contribution in [0.15, 0.2) is 39.9 Å². The average Bonchev–Trinajstić information content (AvgIpc) is 3.69. The van der Waals surface area contributed by atoms with Crippen LogP contribution in [0.4, 0.5) is 14.9 Å². The number of benzene rings is 2. The van der Waals surface area contributed by atoms with Crippen molar-refractivity contribution in [3.63, 3.8) is 0 Å². The molecule has 9 nitrogen and oxygen atoms in total. The van der Waals surface area contributed by atoms with Gasteiger partial charge in [-0.2, -0.15) is 0 Å². The minimum Gasteiger partial charge on any atom is -0.330 e. The largest absolute Gasteiger partial charge is 0.331 e. The standard InChI is InChI=1S/C29H31ClFN5O4/c1-16(2)36-25-12-23(31)24(11-22(25)27(38)35(29(36)40)13-17-5-6-17)32-28(39)33-9-3-4-20(15-33)34-14-18-7-8-19(30)10-21(18)26(34)37/h7-8,10-12,16-17,20H,3-6,9,13-15H2,1-2H3,(H,32,39)/t20-/m1/s1. The minimum atomic E-state index is -0.732. The van der Waals surface area contributed by atoms with Crippen LogP contribution < -0.4 is 16.6 Å². The van der Waals surface area contributed by atoms with Crippen LogP contribution in [0.25, 0.3) is 10.9 Å². The number of aromatic nitrogens is 2. The third-order valence-electron chi connectivity index (χ3n) is 8.18. The number of urea groups is 1. The van der Waals surface area contributed by atoms with E-state index in [1.807, 2.05) is 19.9 Å². The van der Waals surface area contributed by atoms with Gasteiger partial charge in [-0.1, -0.05) is 17.7 Å². The number of hydrogen-bond acceptors (Lipinski definition) is 4. The van der Waals surface area contributed by atoms with Crippen LogP contribution in [-0.4, -0.2) is 50.0 Å². The molecule has 3 aliphatic rings. The monoisotopic (exact) mass is 567 g/mol. The number of rotatable bonds is 5. The van der Waals surface area contributed by atoms with Gasteiger partial charge in [0.1, 0.15) is 5.82 Å². The molecule has 0 spiro atoms. The molecule has 2 aromatic carbocycles. The van der Waals surface area contributed by atoms with Crippen LogP contribution in [0.1, 0.15) is 61.5 Å². The maximum absolute atomic E-state index is 15.3. The Balaban J connectivity index is 1.25. The fourth-order valence-corrected chi connectivity index (χ4v) is 6.06. The van der Waals surface area contributed by atoms with Crippen molar-refractivity contribution in [3.05, 3.63) is 73.1 Å². The third-order valence-corrected chi connectivity index (χ3v) is 8.42. The Morgan fingerprint density at radius 3 is 2.62 bits per heavy atom. The summed E-state index contributed by atoms with van der Waals surface area (Å²) in [6.07, 6.45) is 3.37. The van der Waals surface area contributed by atoms with E-state index in [0.29, 0.717) is 49.1 Å². The van der Waals surface area contributed by atoms with E-state index in [4.69, 9.17) is 11.6 Å². The Hall–Kier alpha value is -3.66. The molecule has 1 aromatic heterocycles. The van der Waals surface area contributed by atoms with E-state index in [-0.39, 0.29) is 34.6 Å². The first-order chi connectivity index (χ1) is 19.1. The molecule has 0 radical (unpaired) electrons. The lowest BCUT2D eigenvalue weighted by atomic mass is 10.0. The van der Waals surface area contributed by atoms with Crippen molar-refractivity contribution in [2.45, 2.75) is 64.7 Å². The molecular weight excluding hydrogens is 537 g/mol. The predicted octanol–water partition coefficient (Wildman–Crippen LogP) is 4.60. The Morgan fingerprint density at radius 1 is 1.12 bits per heavy atom. The molecular formula is C29H31ClFN5O4. The van der Waals surface area contributed by atoms with E-state index in [9.17, 15) is 19.2 Å². The molecule has 1 atom stereocenters. The molecule has 11 heteroatoms. The number of carbonyl (C=O) groups is 2. The topological polar surface area (TPSA) is 96.6 Å². The summed E-state index contributed by atoms with van der Waals surface area (Å²) in [6.45, 7) is 5.17. The zero-order valence-corrected chi connectivity index (χ0v) is 23.2. The summed E-state index contributed by atoms with van der Waals surface area (Å²) in [5.41, 5.74) is 0.641. The number of nitrogens with one attached hydrogen (secondary N) is 1. The van der Waals surface area contributed by atoms with Crippen LogP contribution in [-0.2, 0) is 13.1 Å². The molecule has 1 saturated carbocycles. The highest BCUT2D eigenvalue weighted by Gasteiger charge is 2.36. The van der Waals surface area contributed by atoms with Crippen molar-refractivity contribution >= 4 is 40.1 Å². The van der Waals surface area contributed by atoms with Gasteiger partial charge in [0, 0.05) is 48.9 Å². The van der Waals surface area contributed by atoms with Crippen LogP contribution in [0.2, 0.25) is 5.02 Å². The molecule has 1 saturated heterocycles. The molecule has 1 N–H and O–H groups in total. The molecule has 2 fully saturated rings. The molecule has 0 unspecified atom stereocenters. The maximum Gasteiger partial charge on any atom is 0.331 e. The molecule has 3 heterocycles. The first-order valence-corrected chi connectivity index (χ1v) is 14.1. The number of halogens is 2. The second-order valence-corrected chi connectivity index (χ2v) is 11.8. The van der Waals surface area contributed by atoms with E-state index in [0.717, 1.165) is 30.9 Å². The molecule has 1 aliphatic carbocycles. The summed E-state index contributed by atoms with van der Waals surface area (Å²) in [7, 11) is 0. The lowest BCUT2D eigenvalue weighted by molar-refractivity contribution is 0.0608. The molecule has 0 bridgehead atoms. The van der Waals surface area contributed by atoms with Crippen LogP contribution in [0.5, 0.6) is 0 Å². The number of likely N-dealkylation sites (tertiary alicyclic amines) is 1. The normalized spacial score (nSPS) is 19.0. The van der Waals surface area contributed by atoms with Gasteiger partial charge in [0.25, 0.3) is 11.5 Å². The first-order valence-electron chi connectivity index (χ1n) is 13.8. The molecule has 40 heavy (non-hydrogen) atoms. The number of fused-ring (bicyclic) bond motifs is 2. The number of hydrogen-bond donors (Lipinski definition) is 1. The van der Waals surface area contributed by atoms with Crippen LogP contribution >= 0.6 is 11.6 Å². The quantitative estimate of drug-likeness (QED) is 0.487. The predicted molar refractivity (Wildman–Crippen MR) is 150 cm³/mol. The summed E-state index contributed by atoms with van der Waals surface area (Å²) in [5.74, 6) is -0.545. The minimum absolute atomic E-state index is 0.107. The number of nitrogens with zero attached hydrogens (tertiary/aromatic N) is 4. The van der Waals surface area contributed by atoms with Crippen molar-refractivity contribution in [1.82, 2.24) is 18.9 Å². The number of anilines is 1. The smallest absolute Gasteiger partial charge is 0.330 e. The van der Waals surface area contributed by atoms with E-state index in [1.54, 1.807) is 21.9 Å². The summed E-state index contributed by atoms with van der Waals surface area (Å²) in [4.78, 5) is 56.1. The van der Waals surface area contributed by atoms with Gasteiger partial charge in [-0.3, -0.25) is 18.7 Å². The highest BCUT2D eigenvalue weighted by Crippen LogP contribution is 2.31. The summed E-state index contributed by atoms with van der Waals surface area (Å²) < 4.78 is 18.0. The molecule has 210 valence electrons. The van der Waals surface area contributed by atoms with Gasteiger partial charge in [-0.25, -0.2) is 14.0 Å². The van der Waals surface area contributed by atoms with Crippen molar-refractivity contribution < 1.29 is 14.0 Å². The van der Waals surface area contributed by atoms with Crippen molar-refractivity contribution in [2.75, 3.05) is 18.4 Å². The molecule has 2 aliphatic heterocycles. The third kappa shape index (κ3) is 4.68. The van der Waals surface area contributed by atoms with Crippen molar-refractivity contribution in [2.24, 2.45) is 5.92 Å². The van der Waals surface area contributed by atoms with Crippen molar-refractivity contribution in [1.29, 1.82) is 0 Å². The van der Waals surface area contributed by atoms with Gasteiger partial charge in [-0.15, -0.1) is 0 Å². The van der Waals surface area contributed by atoms with Gasteiger partial charge >= 0.3 is 11.7 Å². The van der Waals surface area contributed by atoms with Crippen LogP contribution in [0, 0.1) is 11.7 Å². The zero-order valence-electron chi connectivity index (χ0n) is 22.5. The van der Waals surface area contributed by atoms with Crippen LogP contribution in [0.3, 0.4) is 0 Å². The van der Waals surface area contributed by atoms with Gasteiger partial charge in [0.15, 0.2) is 0 Å². The Labute approximate surface area is 235 Å². The lowest BCUT2D eigenvalue weighted by Gasteiger charge is -2.37. The van der Waals surface area contributed by atoms with Gasteiger partial charge in [0.05, 0.1) is 22.6 Å². The van der Waals surface area contributed by atoms with E-state index in [2.05, 4.69) is 5.32 Å². The SMILES string of the molecule is CC(C)n1c(=O)n(CC2CC2)c(=O)c2cc(NC(=O)N3CCC[C@@H](N4Cc5ccc(Cl)cc5C4=O)C3)c(F)cc21. The van der Waals surface area contributed by atoms with E-state index < -0.39 is 23.1 Å². The van der Waals surface area contributed by atoms with E-state index in [1.165, 1.54) is 15.2 Å². The zero-order chi connectivity index (χ0) is 28.3. The Bertz CT molecular complexity index is 1660. The Kier molecular flexibility index (Phi) is 6.68. The average molecular weight is 568 g/mol. The van der Waals surface area contributed by atoms with Gasteiger partial charge < -0.3 is 15.1 Å². The van der Waals surface area contributed by atoms with Gasteiger partial charge in [-0.05, 0) is 69.2 Å². The maximum atomic E-state index is 15.3. The first kappa shape index (κ1) is 26.6. The molecule has 3 aromatic rings. The molecule has 6 rings (SSSR count). The summed E-state index contributed by atoms with van der Waals surface area (Å²) >= 11 is 6.09. The van der Waals surface area contributed by atoms with Crippen molar-refractivity contribution in [3.8, 4) is 0 Å². The second kappa shape index (κ2) is 10.1. The fraction of sp³-hybridized carbons (Fsp3) is 0.448. The lowest BCUT2D eigenvalue weighted by Crippen LogP contribution is -2.51. The van der Waals surface area contributed by atoms with E-state index >= 15 is 4.39 Å². The highest BCUT2D eigenvalue weighted by molar-refractivity contribution is 6.31. The number of carbonyl (C=O) groups excluding carboxylic acids is 2. The summed E-state index contributed by atoms with van der Waals surface area (Å²) in [6, 6.07) is 6.78. The second-order valence-electron chi connectivity index (χ2n) is 11.4. The molecule has 3 amide bonds. The highest BCUT2D eigenvalue weighted by atomic mass is 35.5. The Morgan fingerprint density at radius 2 is 1.90 bits per heavy atom. The number of piperidine rings is 1.